The minimum atomic E-state index is 0.101. The summed E-state index contributed by atoms with van der Waals surface area (Å²) in [5.41, 5.74) is 6.28. The Kier molecular flexibility index (Phi) is 2.51. The van der Waals surface area contributed by atoms with Crippen LogP contribution in [0.2, 0.25) is 0 Å². The molecular formula is C12H22N2O2. The molecule has 1 aliphatic heterocycles. The summed E-state index contributed by atoms with van der Waals surface area (Å²) >= 11 is 0. The molecule has 0 amide bonds. The van der Waals surface area contributed by atoms with Gasteiger partial charge in [-0.3, -0.25) is 4.90 Å². The maximum Gasteiger partial charge on any atom is 0.0594 e. The number of hydrogen-bond donors (Lipinski definition) is 2. The molecule has 1 saturated heterocycles. The predicted octanol–water partition coefficient (Wildman–Crippen LogP) is -0.192. The first-order chi connectivity index (χ1) is 7.82. The van der Waals surface area contributed by atoms with Crippen molar-refractivity contribution in [2.24, 2.45) is 17.1 Å². The molecule has 92 valence electrons. The SMILES string of the molecule is NC[C@]1(N2CCOCC2)C2CCC[C@]21CO. The van der Waals surface area contributed by atoms with Crippen LogP contribution in [0.1, 0.15) is 19.3 Å². The fraction of sp³-hybridized carbons (Fsp3) is 1.00. The monoisotopic (exact) mass is 226 g/mol. The van der Waals surface area contributed by atoms with Gasteiger partial charge in [0.15, 0.2) is 0 Å². The van der Waals surface area contributed by atoms with Gasteiger partial charge in [-0.15, -0.1) is 0 Å². The molecule has 0 aromatic heterocycles. The van der Waals surface area contributed by atoms with Gasteiger partial charge >= 0.3 is 0 Å². The largest absolute Gasteiger partial charge is 0.396 e. The Morgan fingerprint density at radius 1 is 1.38 bits per heavy atom. The highest BCUT2D eigenvalue weighted by atomic mass is 16.5. The van der Waals surface area contributed by atoms with E-state index in [-0.39, 0.29) is 11.0 Å². The van der Waals surface area contributed by atoms with E-state index in [9.17, 15) is 5.11 Å². The number of hydrogen-bond acceptors (Lipinski definition) is 4. The average molecular weight is 226 g/mol. The van der Waals surface area contributed by atoms with Gasteiger partial charge in [-0.2, -0.15) is 0 Å². The zero-order valence-corrected chi connectivity index (χ0v) is 9.82. The molecule has 3 fully saturated rings. The van der Waals surface area contributed by atoms with Crippen molar-refractivity contribution in [3.8, 4) is 0 Å². The van der Waals surface area contributed by atoms with Crippen molar-refractivity contribution in [2.75, 3.05) is 39.5 Å². The van der Waals surface area contributed by atoms with Gasteiger partial charge in [0.25, 0.3) is 0 Å². The Labute approximate surface area is 96.7 Å². The van der Waals surface area contributed by atoms with Crippen LogP contribution in [0.5, 0.6) is 0 Å². The first kappa shape index (κ1) is 11.0. The number of nitrogens with zero attached hydrogens (tertiary/aromatic N) is 1. The zero-order chi connectivity index (χ0) is 11.2. The number of aliphatic hydroxyl groups excluding tert-OH is 1. The van der Waals surface area contributed by atoms with E-state index in [0.29, 0.717) is 19.1 Å². The second kappa shape index (κ2) is 3.67. The van der Waals surface area contributed by atoms with Gasteiger partial charge in [-0.25, -0.2) is 0 Å². The molecule has 16 heavy (non-hydrogen) atoms. The predicted molar refractivity (Wildman–Crippen MR) is 61.0 cm³/mol. The molecule has 3 atom stereocenters. The molecule has 3 aliphatic rings. The number of rotatable bonds is 3. The van der Waals surface area contributed by atoms with Gasteiger partial charge in [0.1, 0.15) is 0 Å². The summed E-state index contributed by atoms with van der Waals surface area (Å²) in [5, 5.41) is 9.75. The normalized spacial score (nSPS) is 48.0. The molecule has 2 aliphatic carbocycles. The van der Waals surface area contributed by atoms with Crippen LogP contribution >= 0.6 is 0 Å². The van der Waals surface area contributed by atoms with Gasteiger partial charge in [0.05, 0.1) is 19.8 Å². The molecule has 0 radical (unpaired) electrons. The number of morpholine rings is 1. The van der Waals surface area contributed by atoms with Crippen LogP contribution in [0, 0.1) is 11.3 Å². The second-order valence-corrected chi connectivity index (χ2v) is 5.49. The second-order valence-electron chi connectivity index (χ2n) is 5.49. The number of nitrogens with two attached hydrogens (primary N) is 1. The Hall–Kier alpha value is -0.160. The summed E-state index contributed by atoms with van der Waals surface area (Å²) in [6.07, 6.45) is 3.66. The zero-order valence-electron chi connectivity index (χ0n) is 9.82. The minimum absolute atomic E-state index is 0.101. The van der Waals surface area contributed by atoms with E-state index in [1.165, 1.54) is 12.8 Å². The molecule has 4 heteroatoms. The molecule has 3 N–H and O–H groups in total. The average Bonchev–Trinajstić information content (AvgIpc) is 2.68. The quantitative estimate of drug-likeness (QED) is 0.700. The third-order valence-corrected chi connectivity index (χ3v) is 5.31. The molecule has 0 bridgehead atoms. The minimum Gasteiger partial charge on any atom is -0.396 e. The van der Waals surface area contributed by atoms with Crippen molar-refractivity contribution < 1.29 is 9.84 Å². The lowest BCUT2D eigenvalue weighted by molar-refractivity contribution is -0.0106. The fourth-order valence-corrected chi connectivity index (χ4v) is 4.57. The molecule has 0 aromatic rings. The highest BCUT2D eigenvalue weighted by Crippen LogP contribution is 2.72. The number of fused-ring (bicyclic) bond motifs is 1. The van der Waals surface area contributed by atoms with E-state index in [0.717, 1.165) is 32.7 Å². The summed E-state index contributed by atoms with van der Waals surface area (Å²) in [7, 11) is 0. The summed E-state index contributed by atoms with van der Waals surface area (Å²) < 4.78 is 5.41. The van der Waals surface area contributed by atoms with E-state index < -0.39 is 0 Å². The number of aliphatic hydroxyl groups is 1. The smallest absolute Gasteiger partial charge is 0.0594 e. The van der Waals surface area contributed by atoms with Gasteiger partial charge in [0, 0.05) is 30.6 Å². The third-order valence-electron chi connectivity index (χ3n) is 5.31. The summed E-state index contributed by atoms with van der Waals surface area (Å²) in [6, 6.07) is 0. The molecule has 1 unspecified atom stereocenters. The lowest BCUT2D eigenvalue weighted by Gasteiger charge is -2.39. The Bertz CT molecular complexity index is 280. The first-order valence-electron chi connectivity index (χ1n) is 6.45. The Morgan fingerprint density at radius 3 is 2.69 bits per heavy atom. The van der Waals surface area contributed by atoms with Crippen molar-refractivity contribution in [3.63, 3.8) is 0 Å². The van der Waals surface area contributed by atoms with Crippen LogP contribution in [-0.4, -0.2) is 55.0 Å². The maximum atomic E-state index is 9.75. The van der Waals surface area contributed by atoms with Crippen molar-refractivity contribution in [2.45, 2.75) is 24.8 Å². The lowest BCUT2D eigenvalue weighted by Crippen LogP contribution is -2.53. The maximum absolute atomic E-state index is 9.75. The van der Waals surface area contributed by atoms with Gasteiger partial charge in [0.2, 0.25) is 0 Å². The van der Waals surface area contributed by atoms with Crippen molar-refractivity contribution in [1.82, 2.24) is 4.90 Å². The van der Waals surface area contributed by atoms with Crippen LogP contribution in [0.4, 0.5) is 0 Å². The Balaban J connectivity index is 1.85. The van der Waals surface area contributed by atoms with E-state index >= 15 is 0 Å². The van der Waals surface area contributed by atoms with Gasteiger partial charge in [-0.05, 0) is 18.8 Å². The highest BCUT2D eigenvalue weighted by Gasteiger charge is 2.78. The standard InChI is InChI=1S/C12H22N2O2/c13-8-12(14-4-6-16-7-5-14)10-2-1-3-11(10,12)9-15/h10,15H,1-9,13H2/t10?,11-,12-/m0/s1. The third kappa shape index (κ3) is 1.09. The molecule has 3 rings (SSSR count). The van der Waals surface area contributed by atoms with Crippen LogP contribution < -0.4 is 5.73 Å². The topological polar surface area (TPSA) is 58.7 Å². The van der Waals surface area contributed by atoms with E-state index in [2.05, 4.69) is 4.90 Å². The molecule has 0 aromatic carbocycles. The van der Waals surface area contributed by atoms with E-state index in [1.807, 2.05) is 0 Å². The van der Waals surface area contributed by atoms with Crippen LogP contribution in [0.3, 0.4) is 0 Å². The van der Waals surface area contributed by atoms with Crippen molar-refractivity contribution in [1.29, 1.82) is 0 Å². The van der Waals surface area contributed by atoms with Crippen LogP contribution in [-0.2, 0) is 4.74 Å². The molecule has 1 heterocycles. The van der Waals surface area contributed by atoms with Crippen molar-refractivity contribution in [3.05, 3.63) is 0 Å². The molecule has 4 nitrogen and oxygen atoms in total. The van der Waals surface area contributed by atoms with Gasteiger partial charge < -0.3 is 15.6 Å². The summed E-state index contributed by atoms with van der Waals surface area (Å²) in [4.78, 5) is 2.50. The highest BCUT2D eigenvalue weighted by molar-refractivity contribution is 5.31. The molecule has 0 spiro atoms. The van der Waals surface area contributed by atoms with E-state index in [4.69, 9.17) is 10.5 Å². The molecular weight excluding hydrogens is 204 g/mol. The van der Waals surface area contributed by atoms with Crippen molar-refractivity contribution >= 4 is 0 Å². The number of ether oxygens (including phenoxy) is 1. The van der Waals surface area contributed by atoms with E-state index in [1.54, 1.807) is 0 Å². The fourth-order valence-electron chi connectivity index (χ4n) is 4.57. The summed E-state index contributed by atoms with van der Waals surface area (Å²) in [5.74, 6) is 0.632. The van der Waals surface area contributed by atoms with Gasteiger partial charge in [-0.1, -0.05) is 6.42 Å². The molecule has 2 saturated carbocycles. The Morgan fingerprint density at radius 2 is 2.12 bits per heavy atom. The first-order valence-corrected chi connectivity index (χ1v) is 6.45. The van der Waals surface area contributed by atoms with Crippen LogP contribution in [0.25, 0.3) is 0 Å². The van der Waals surface area contributed by atoms with Crippen LogP contribution in [0.15, 0.2) is 0 Å². The summed E-state index contributed by atoms with van der Waals surface area (Å²) in [6.45, 7) is 4.60. The lowest BCUT2D eigenvalue weighted by atomic mass is 9.93.